The number of hydrogen-bond acceptors (Lipinski definition) is 22. The largest absolute Gasteiger partial charge is 0.321 e. The van der Waals surface area contributed by atoms with Crippen LogP contribution in [0.1, 0.15) is 166 Å². The lowest BCUT2D eigenvalue weighted by Crippen LogP contribution is -2.10. The van der Waals surface area contributed by atoms with Crippen LogP contribution in [-0.4, -0.2) is 118 Å². The maximum Gasteiger partial charge on any atom is 0.184 e. The molecule has 11 aromatic rings. The summed E-state index contributed by atoms with van der Waals surface area (Å²) in [5.41, 5.74) is 10.7. The second kappa shape index (κ2) is 24.1. The number of aromatic amines is 2. The molecule has 0 radical (unpaired) electrons. The lowest BCUT2D eigenvalue weighted by Gasteiger charge is -2.24. The molecule has 0 saturated heterocycles. The van der Waals surface area contributed by atoms with Gasteiger partial charge in [-0.25, -0.2) is 69.8 Å². The Hall–Kier alpha value is -5.60. The molecule has 2 N–H and O–H groups in total. The van der Waals surface area contributed by atoms with Gasteiger partial charge in [0.25, 0.3) is 0 Å². The van der Waals surface area contributed by atoms with Crippen molar-refractivity contribution < 1.29 is 0 Å². The second-order valence-corrected chi connectivity index (χ2v) is 47.1. The summed E-state index contributed by atoms with van der Waals surface area (Å²) in [4.78, 5) is 92.6. The Labute approximate surface area is 595 Å². The van der Waals surface area contributed by atoms with Crippen LogP contribution in [0.4, 0.5) is 0 Å². The van der Waals surface area contributed by atoms with Gasteiger partial charge in [0.15, 0.2) is 45.9 Å². The molecule has 0 amide bonds. The molecule has 0 spiro atoms. The van der Waals surface area contributed by atoms with E-state index in [4.69, 9.17) is 69.8 Å². The molecule has 16 nitrogen and oxygen atoms in total. The van der Waals surface area contributed by atoms with Gasteiger partial charge in [-0.15, -0.1) is 94.1 Å². The molecule has 4 aromatic carbocycles. The summed E-state index contributed by atoms with van der Waals surface area (Å²) in [6, 6.07) is 17.3. The highest BCUT2D eigenvalue weighted by Gasteiger charge is 2.32. The van der Waals surface area contributed by atoms with E-state index in [9.17, 15) is 0 Å². The Morgan fingerprint density at radius 2 is 0.344 bits per heavy atom. The number of hydrogen-bond donors (Lipinski definition) is 2. The van der Waals surface area contributed by atoms with Gasteiger partial charge >= 0.3 is 0 Å². The van der Waals surface area contributed by atoms with Gasteiger partial charge in [-0.1, -0.05) is 166 Å². The molecule has 8 bridgehead atoms. The van der Waals surface area contributed by atoms with Crippen LogP contribution >= 0.6 is 94.1 Å². The summed E-state index contributed by atoms with van der Waals surface area (Å²) >= 11 is 14.5. The van der Waals surface area contributed by atoms with Gasteiger partial charge in [0, 0.05) is 77.1 Å². The standard InChI is InChI=1S/C72H82N16S8/c1-65(2,3)89-41-25-33-34(26-42(41)90-66(4,5)6)74-50-49(73-33)57-81-58(50)86-60-53-54(78-38-30-46(94-70(16,17)18)45(29-37(38)77-53)93-69(13,14)15)62(83-60)88-64-56-55(79-39-31-47(95-71(19,20)21)48(32-40(39)80-56)96-72(22,23)24)63(84-64)87-61-52-51(59(82-61)85-57)75-35-27-43(91-67(7,8)9)44(28-36(35)76-52)92-68(10,11)12/h25-32H,1-24H3,(H2,81,82,83,84,85,86,87,88). The minimum Gasteiger partial charge on any atom is -0.321 e. The van der Waals surface area contributed by atoms with Crippen molar-refractivity contribution in [3.8, 4) is 46.1 Å². The lowest BCUT2D eigenvalue weighted by molar-refractivity contribution is 0.795. The van der Waals surface area contributed by atoms with Crippen LogP contribution in [0.5, 0.6) is 0 Å². The number of nitrogens with one attached hydrogen (secondary N) is 2. The van der Waals surface area contributed by atoms with Crippen LogP contribution in [0, 0.1) is 0 Å². The number of rotatable bonds is 8. The molecule has 0 unspecified atom stereocenters. The number of thioether (sulfide) groups is 8. The van der Waals surface area contributed by atoms with E-state index in [2.05, 4.69) is 225 Å². The molecular formula is C72H82N16S8. The molecule has 0 saturated carbocycles. The predicted octanol–water partition coefficient (Wildman–Crippen LogP) is 21.8. The zero-order chi connectivity index (χ0) is 69.1. The zero-order valence-corrected chi connectivity index (χ0v) is 65.7. The van der Waals surface area contributed by atoms with Gasteiger partial charge in [0.2, 0.25) is 0 Å². The van der Waals surface area contributed by atoms with Crippen LogP contribution in [0.25, 0.3) is 135 Å². The maximum absolute atomic E-state index is 5.49. The van der Waals surface area contributed by atoms with Gasteiger partial charge in [0.1, 0.15) is 44.8 Å². The first-order valence-corrected chi connectivity index (χ1v) is 38.7. The number of nitrogens with zero attached hydrogens (tertiary/aromatic N) is 14. The molecule has 0 fully saturated rings. The minimum atomic E-state index is -0.0923. The van der Waals surface area contributed by atoms with Gasteiger partial charge in [-0.3, -0.25) is 0 Å². The summed E-state index contributed by atoms with van der Waals surface area (Å²) in [7, 11) is 0. The van der Waals surface area contributed by atoms with Crippen molar-refractivity contribution in [3.05, 3.63) is 48.5 Å². The molecule has 498 valence electrons. The topological polar surface area (TPSA) is 212 Å². The van der Waals surface area contributed by atoms with Crippen LogP contribution in [0.15, 0.2) is 87.7 Å². The quantitative estimate of drug-likeness (QED) is 0.135. The smallest absolute Gasteiger partial charge is 0.184 e. The van der Waals surface area contributed by atoms with Gasteiger partial charge in [-0.05, 0) is 48.5 Å². The van der Waals surface area contributed by atoms with E-state index in [0.29, 0.717) is 112 Å². The molecule has 0 aliphatic carbocycles. The summed E-state index contributed by atoms with van der Waals surface area (Å²) in [6.07, 6.45) is 0. The van der Waals surface area contributed by atoms with E-state index < -0.39 is 0 Å². The Kier molecular flexibility index (Phi) is 17.3. The van der Waals surface area contributed by atoms with E-state index in [1.807, 2.05) is 94.1 Å². The number of H-pyrrole nitrogens is 2. The molecule has 24 heteroatoms. The highest BCUT2D eigenvalue weighted by atomic mass is 32.2. The Morgan fingerprint density at radius 1 is 0.198 bits per heavy atom. The third-order valence-electron chi connectivity index (χ3n) is 13.8. The molecule has 9 heterocycles. The molecular weight excluding hydrogens is 1350 g/mol. The Balaban J connectivity index is 1.18. The molecule has 0 atom stereocenters. The zero-order valence-electron chi connectivity index (χ0n) is 59.1. The molecule has 7 aromatic heterocycles. The molecule has 13 rings (SSSR count). The predicted molar refractivity (Wildman–Crippen MR) is 413 cm³/mol. The fourth-order valence-electron chi connectivity index (χ4n) is 10.8. The summed E-state index contributed by atoms with van der Waals surface area (Å²) < 4.78 is -0.735. The maximum atomic E-state index is 5.49. The monoisotopic (exact) mass is 1430 g/mol. The molecule has 2 aliphatic heterocycles. The summed E-state index contributed by atoms with van der Waals surface area (Å²) in [6.45, 7) is 53.6. The minimum absolute atomic E-state index is 0.0915. The first-order chi connectivity index (χ1) is 44.4. The lowest BCUT2D eigenvalue weighted by atomic mass is 10.2. The second-order valence-electron chi connectivity index (χ2n) is 32.2. The van der Waals surface area contributed by atoms with Crippen molar-refractivity contribution in [3.63, 3.8) is 0 Å². The average molecular weight is 1430 g/mol. The van der Waals surface area contributed by atoms with Crippen molar-refractivity contribution in [2.45, 2.75) is 243 Å². The highest BCUT2D eigenvalue weighted by molar-refractivity contribution is 8.05. The van der Waals surface area contributed by atoms with Crippen molar-refractivity contribution in [2.75, 3.05) is 0 Å². The van der Waals surface area contributed by atoms with Gasteiger partial charge in [0.05, 0.1) is 44.1 Å². The van der Waals surface area contributed by atoms with Crippen molar-refractivity contribution >= 4 is 183 Å². The fourth-order valence-corrected chi connectivity index (χ4v) is 19.7. The van der Waals surface area contributed by atoms with Crippen LogP contribution in [-0.2, 0) is 0 Å². The fraction of sp³-hybridized carbons (Fsp3) is 0.444. The van der Waals surface area contributed by atoms with E-state index in [1.54, 1.807) is 0 Å². The van der Waals surface area contributed by atoms with E-state index >= 15 is 0 Å². The molecule has 96 heavy (non-hydrogen) atoms. The molecule has 2 aliphatic rings. The number of fused-ring (bicyclic) bond motifs is 24. The Morgan fingerprint density at radius 3 is 0.490 bits per heavy atom. The van der Waals surface area contributed by atoms with Crippen molar-refractivity contribution in [1.29, 1.82) is 0 Å². The third kappa shape index (κ3) is 15.3. The van der Waals surface area contributed by atoms with Crippen LogP contribution < -0.4 is 0 Å². The van der Waals surface area contributed by atoms with Gasteiger partial charge < -0.3 is 9.97 Å². The Bertz CT molecular complexity index is 4600. The third-order valence-corrected chi connectivity index (χ3v) is 23.6. The first-order valence-electron chi connectivity index (χ1n) is 32.1. The average Bonchev–Trinajstić information content (AvgIpc) is 1.55. The normalized spacial score (nSPS) is 13.8. The van der Waals surface area contributed by atoms with E-state index in [-0.39, 0.29) is 61.3 Å². The van der Waals surface area contributed by atoms with Crippen LogP contribution in [0.3, 0.4) is 0 Å². The number of aromatic nitrogens is 16. The van der Waals surface area contributed by atoms with Crippen molar-refractivity contribution in [1.82, 2.24) is 79.7 Å². The number of benzene rings is 4. The van der Waals surface area contributed by atoms with Crippen molar-refractivity contribution in [2.24, 2.45) is 0 Å². The highest BCUT2D eigenvalue weighted by Crippen LogP contribution is 2.50. The SMILES string of the molecule is CC(C)(C)Sc1cc2nc3c(nc2cc1SC(C)(C)C)-c1nc-3nc2[nH]c(nc3nc(nc4[nH]c(n1)c1nc5cc(SC(C)(C)C)c(SC(C)(C)C)cc5nc41)-c1nc4cc(SC(C)(C)C)c(SC(C)(C)C)cc4nc1-3)c1nc3cc(SC(C)(C)C)c(SC(C)(C)C)cc3nc21. The van der Waals surface area contributed by atoms with Crippen LogP contribution in [0.2, 0.25) is 0 Å². The van der Waals surface area contributed by atoms with E-state index in [1.165, 1.54) is 0 Å². The first kappa shape index (κ1) is 68.9. The summed E-state index contributed by atoms with van der Waals surface area (Å²) in [5, 5.41) is 0. The summed E-state index contributed by atoms with van der Waals surface area (Å²) in [5.74, 6) is 1.09. The van der Waals surface area contributed by atoms with Gasteiger partial charge in [-0.2, -0.15) is 0 Å². The van der Waals surface area contributed by atoms with E-state index in [0.717, 1.165) is 39.2 Å².